The van der Waals surface area contributed by atoms with Crippen LogP contribution in [0, 0.1) is 10.5 Å². The molecule has 3 N–H and O–H groups in total. The standard InChI is InChI=1S/C16H19IN2O/c1-11-7-8-16(20-2)12(9-11)10-15(19-18)13-5-3-4-6-14(13)17/h3-9,15,19H,10,18H2,1-2H3. The van der Waals surface area contributed by atoms with Gasteiger partial charge in [-0.05, 0) is 59.2 Å². The fourth-order valence-electron chi connectivity index (χ4n) is 2.30. The zero-order valence-electron chi connectivity index (χ0n) is 11.7. The number of nitrogens with two attached hydrogens (primary N) is 1. The number of hydrazine groups is 1. The van der Waals surface area contributed by atoms with E-state index in [0.29, 0.717) is 0 Å². The first-order chi connectivity index (χ1) is 9.65. The predicted octanol–water partition coefficient (Wildman–Crippen LogP) is 3.36. The van der Waals surface area contributed by atoms with Crippen LogP contribution >= 0.6 is 22.6 Å². The van der Waals surface area contributed by atoms with Crippen molar-refractivity contribution in [3.63, 3.8) is 0 Å². The van der Waals surface area contributed by atoms with Crippen LogP contribution < -0.4 is 16.0 Å². The minimum atomic E-state index is 0.0683. The van der Waals surface area contributed by atoms with E-state index in [1.54, 1.807) is 7.11 Å². The maximum atomic E-state index is 5.76. The molecule has 0 aliphatic heterocycles. The molecule has 0 radical (unpaired) electrons. The highest BCUT2D eigenvalue weighted by atomic mass is 127. The molecule has 0 saturated carbocycles. The molecule has 4 heteroatoms. The van der Waals surface area contributed by atoms with E-state index in [2.05, 4.69) is 59.2 Å². The molecule has 0 aliphatic rings. The second-order valence-corrected chi connectivity index (χ2v) is 5.92. The molecule has 0 saturated heterocycles. The normalized spacial score (nSPS) is 12.2. The summed E-state index contributed by atoms with van der Waals surface area (Å²) in [6, 6.07) is 14.6. The summed E-state index contributed by atoms with van der Waals surface area (Å²) in [6.45, 7) is 2.08. The maximum absolute atomic E-state index is 5.76. The monoisotopic (exact) mass is 382 g/mol. The summed E-state index contributed by atoms with van der Waals surface area (Å²) in [7, 11) is 1.70. The van der Waals surface area contributed by atoms with Crippen molar-refractivity contribution in [1.82, 2.24) is 5.43 Å². The molecule has 0 fully saturated rings. The SMILES string of the molecule is COc1ccc(C)cc1CC(NN)c1ccccc1I. The van der Waals surface area contributed by atoms with E-state index < -0.39 is 0 Å². The summed E-state index contributed by atoms with van der Waals surface area (Å²) < 4.78 is 6.65. The number of methoxy groups -OCH3 is 1. The van der Waals surface area contributed by atoms with Crippen molar-refractivity contribution >= 4 is 22.6 Å². The molecule has 0 heterocycles. The van der Waals surface area contributed by atoms with E-state index in [-0.39, 0.29) is 6.04 Å². The molecule has 2 rings (SSSR count). The van der Waals surface area contributed by atoms with Crippen LogP contribution in [0.3, 0.4) is 0 Å². The van der Waals surface area contributed by atoms with E-state index in [9.17, 15) is 0 Å². The van der Waals surface area contributed by atoms with Gasteiger partial charge >= 0.3 is 0 Å². The number of hydrogen-bond acceptors (Lipinski definition) is 3. The zero-order valence-corrected chi connectivity index (χ0v) is 13.8. The third-order valence-corrected chi connectivity index (χ3v) is 4.32. The van der Waals surface area contributed by atoms with Crippen molar-refractivity contribution in [2.24, 2.45) is 5.84 Å². The lowest BCUT2D eigenvalue weighted by molar-refractivity contribution is 0.405. The first kappa shape index (κ1) is 15.3. The van der Waals surface area contributed by atoms with Crippen molar-refractivity contribution in [2.45, 2.75) is 19.4 Å². The van der Waals surface area contributed by atoms with Crippen molar-refractivity contribution in [3.05, 3.63) is 62.7 Å². The molecule has 0 amide bonds. The van der Waals surface area contributed by atoms with E-state index in [4.69, 9.17) is 10.6 Å². The molecule has 106 valence electrons. The highest BCUT2D eigenvalue weighted by molar-refractivity contribution is 14.1. The van der Waals surface area contributed by atoms with Gasteiger partial charge in [-0.1, -0.05) is 35.9 Å². The van der Waals surface area contributed by atoms with Gasteiger partial charge in [-0.15, -0.1) is 0 Å². The number of halogens is 1. The summed E-state index contributed by atoms with van der Waals surface area (Å²) in [4.78, 5) is 0. The average Bonchev–Trinajstić information content (AvgIpc) is 2.46. The minimum Gasteiger partial charge on any atom is -0.496 e. The third kappa shape index (κ3) is 3.50. The molecule has 20 heavy (non-hydrogen) atoms. The fourth-order valence-corrected chi connectivity index (χ4v) is 3.07. The van der Waals surface area contributed by atoms with Gasteiger partial charge in [0.25, 0.3) is 0 Å². The van der Waals surface area contributed by atoms with Crippen LogP contribution in [0.1, 0.15) is 22.7 Å². The van der Waals surface area contributed by atoms with Crippen molar-refractivity contribution in [3.8, 4) is 5.75 Å². The number of rotatable bonds is 5. The molecule has 2 aromatic rings. The Morgan fingerprint density at radius 3 is 2.65 bits per heavy atom. The third-order valence-electron chi connectivity index (χ3n) is 3.34. The van der Waals surface area contributed by atoms with Gasteiger partial charge in [-0.3, -0.25) is 11.3 Å². The minimum absolute atomic E-state index is 0.0683. The Labute approximate surface area is 133 Å². The summed E-state index contributed by atoms with van der Waals surface area (Å²) in [5.41, 5.74) is 6.51. The van der Waals surface area contributed by atoms with E-state index in [1.807, 2.05) is 18.2 Å². The quantitative estimate of drug-likeness (QED) is 0.474. The zero-order chi connectivity index (χ0) is 14.5. The van der Waals surface area contributed by atoms with Crippen molar-refractivity contribution in [1.29, 1.82) is 0 Å². The number of hydrogen-bond donors (Lipinski definition) is 2. The van der Waals surface area contributed by atoms with Gasteiger partial charge in [0.05, 0.1) is 13.2 Å². The summed E-state index contributed by atoms with van der Waals surface area (Å²) in [5, 5.41) is 0. The summed E-state index contributed by atoms with van der Waals surface area (Å²) >= 11 is 2.34. The second kappa shape index (κ2) is 7.06. The van der Waals surface area contributed by atoms with Crippen LogP contribution in [0.5, 0.6) is 5.75 Å². The van der Waals surface area contributed by atoms with Crippen LogP contribution in [0.15, 0.2) is 42.5 Å². The molecule has 3 nitrogen and oxygen atoms in total. The highest BCUT2D eigenvalue weighted by Crippen LogP contribution is 2.27. The largest absolute Gasteiger partial charge is 0.496 e. The Hall–Kier alpha value is -1.11. The molecule has 2 aromatic carbocycles. The van der Waals surface area contributed by atoms with E-state index >= 15 is 0 Å². The van der Waals surface area contributed by atoms with Crippen molar-refractivity contribution in [2.75, 3.05) is 7.11 Å². The number of aryl methyl sites for hydroxylation is 1. The van der Waals surface area contributed by atoms with E-state index in [0.717, 1.165) is 17.7 Å². The molecule has 0 spiro atoms. The van der Waals surface area contributed by atoms with Gasteiger partial charge in [-0.2, -0.15) is 0 Å². The first-order valence-corrected chi connectivity index (χ1v) is 7.57. The van der Waals surface area contributed by atoms with Crippen LogP contribution in [0.2, 0.25) is 0 Å². The molecule has 0 bridgehead atoms. The Morgan fingerprint density at radius 2 is 2.00 bits per heavy atom. The predicted molar refractivity (Wildman–Crippen MR) is 90.7 cm³/mol. The molecule has 1 unspecified atom stereocenters. The van der Waals surface area contributed by atoms with Crippen LogP contribution in [-0.2, 0) is 6.42 Å². The van der Waals surface area contributed by atoms with Crippen LogP contribution in [0.4, 0.5) is 0 Å². The Morgan fingerprint density at radius 1 is 1.25 bits per heavy atom. The first-order valence-electron chi connectivity index (χ1n) is 6.49. The molecule has 0 aliphatic carbocycles. The second-order valence-electron chi connectivity index (χ2n) is 4.76. The number of benzene rings is 2. The van der Waals surface area contributed by atoms with Gasteiger partial charge < -0.3 is 4.74 Å². The van der Waals surface area contributed by atoms with Gasteiger partial charge in [-0.25, -0.2) is 0 Å². The van der Waals surface area contributed by atoms with E-state index in [1.165, 1.54) is 14.7 Å². The van der Waals surface area contributed by atoms with Gasteiger partial charge in [0.15, 0.2) is 0 Å². The lowest BCUT2D eigenvalue weighted by Gasteiger charge is -2.19. The fraction of sp³-hybridized carbons (Fsp3) is 0.250. The van der Waals surface area contributed by atoms with Gasteiger partial charge in [0.2, 0.25) is 0 Å². The van der Waals surface area contributed by atoms with Crippen LogP contribution in [-0.4, -0.2) is 7.11 Å². The van der Waals surface area contributed by atoms with Crippen molar-refractivity contribution < 1.29 is 4.74 Å². The Balaban J connectivity index is 2.31. The van der Waals surface area contributed by atoms with Crippen LogP contribution in [0.25, 0.3) is 0 Å². The van der Waals surface area contributed by atoms with Gasteiger partial charge in [0, 0.05) is 3.57 Å². The maximum Gasteiger partial charge on any atom is 0.122 e. The molecule has 0 aromatic heterocycles. The number of ether oxygens (including phenoxy) is 1. The Kier molecular flexibility index (Phi) is 5.39. The average molecular weight is 382 g/mol. The number of nitrogens with one attached hydrogen (secondary N) is 1. The lowest BCUT2D eigenvalue weighted by atomic mass is 9.97. The summed E-state index contributed by atoms with van der Waals surface area (Å²) in [5.74, 6) is 6.66. The smallest absolute Gasteiger partial charge is 0.122 e. The summed E-state index contributed by atoms with van der Waals surface area (Å²) in [6.07, 6.45) is 0.793. The molecular weight excluding hydrogens is 363 g/mol. The topological polar surface area (TPSA) is 47.3 Å². The molecular formula is C16H19IN2O. The molecule has 1 atom stereocenters. The Bertz CT molecular complexity index is 586. The highest BCUT2D eigenvalue weighted by Gasteiger charge is 2.15. The lowest BCUT2D eigenvalue weighted by Crippen LogP contribution is -2.30. The van der Waals surface area contributed by atoms with Gasteiger partial charge in [0.1, 0.15) is 5.75 Å².